The summed E-state index contributed by atoms with van der Waals surface area (Å²) in [6.45, 7) is 6.08. The minimum atomic E-state index is -0.951. The summed E-state index contributed by atoms with van der Waals surface area (Å²) >= 11 is 0.149. The average Bonchev–Trinajstić information content (AvgIpc) is 2.53. The average molecular weight is 426 g/mol. The van der Waals surface area contributed by atoms with Gasteiger partial charge in [0.2, 0.25) is 0 Å². The number of carboxylic acid groups (broad SMARTS) is 1. The van der Waals surface area contributed by atoms with Crippen molar-refractivity contribution in [1.29, 1.82) is 0 Å². The Bertz CT molecular complexity index is 447. The number of hydrogen-bond donors (Lipinski definition) is 2. The first-order valence-corrected chi connectivity index (χ1v) is 12.3. The van der Waals surface area contributed by atoms with Crippen LogP contribution in [0.3, 0.4) is 0 Å². The Morgan fingerprint density at radius 3 is 2.17 bits per heavy atom. The van der Waals surface area contributed by atoms with Gasteiger partial charge in [-0.3, -0.25) is 9.59 Å². The van der Waals surface area contributed by atoms with Crippen molar-refractivity contribution in [1.82, 2.24) is 5.32 Å². The third kappa shape index (κ3) is 12.1. The molecule has 0 unspecified atom stereocenters. The summed E-state index contributed by atoms with van der Waals surface area (Å²) < 4.78 is 3.25. The molecule has 2 N–H and O–H groups in total. The second-order valence-electron chi connectivity index (χ2n) is 5.33. The second kappa shape index (κ2) is 14.5. The maximum absolute atomic E-state index is 11.3. The summed E-state index contributed by atoms with van der Waals surface area (Å²) in [5.41, 5.74) is 1.09. The molecule has 0 heterocycles. The van der Waals surface area contributed by atoms with Crippen LogP contribution >= 0.6 is 0 Å². The van der Waals surface area contributed by atoms with Crippen LogP contribution in [-0.2, 0) is 9.59 Å². The van der Waals surface area contributed by atoms with E-state index in [1.807, 2.05) is 0 Å². The Morgan fingerprint density at radius 1 is 1.13 bits per heavy atom. The van der Waals surface area contributed by atoms with Gasteiger partial charge in [0.05, 0.1) is 0 Å². The van der Waals surface area contributed by atoms with Crippen LogP contribution in [0.1, 0.15) is 46.5 Å². The predicted octanol–water partition coefficient (Wildman–Crippen LogP) is 3.76. The quantitative estimate of drug-likeness (QED) is 0.335. The fourth-order valence-corrected chi connectivity index (χ4v) is 5.97. The number of aliphatic carboxylic acids is 1. The van der Waals surface area contributed by atoms with Crippen LogP contribution in [-0.4, -0.2) is 44.5 Å². The molecule has 0 amide bonds. The Hall–Kier alpha value is -1.04. The molecule has 0 aromatic heterocycles. The van der Waals surface area contributed by atoms with Crippen molar-refractivity contribution >= 4 is 32.9 Å². The molecule has 0 aromatic carbocycles. The van der Waals surface area contributed by atoms with Crippen LogP contribution in [0.4, 0.5) is 0 Å². The van der Waals surface area contributed by atoms with Crippen molar-refractivity contribution < 1.29 is 14.7 Å². The van der Waals surface area contributed by atoms with Crippen LogP contribution in [0.15, 0.2) is 35.6 Å². The van der Waals surface area contributed by atoms with Gasteiger partial charge in [-0.05, 0) is 19.1 Å². The van der Waals surface area contributed by atoms with Crippen molar-refractivity contribution in [2.24, 2.45) is 0 Å². The van der Waals surface area contributed by atoms with Gasteiger partial charge in [-0.2, -0.15) is 0 Å². The molecule has 5 heteroatoms. The van der Waals surface area contributed by atoms with Gasteiger partial charge < -0.3 is 10.4 Å². The first-order valence-electron chi connectivity index (χ1n) is 8.29. The van der Waals surface area contributed by atoms with Gasteiger partial charge in [0.15, 0.2) is 5.78 Å². The summed E-state index contributed by atoms with van der Waals surface area (Å²) in [5.74, 6) is -1.06. The van der Waals surface area contributed by atoms with Gasteiger partial charge in [0, 0.05) is 11.3 Å². The van der Waals surface area contributed by atoms with Gasteiger partial charge >= 0.3 is 75.5 Å². The van der Waals surface area contributed by atoms with E-state index in [4.69, 9.17) is 5.11 Å². The van der Waals surface area contributed by atoms with Crippen molar-refractivity contribution in [3.05, 3.63) is 35.6 Å². The zero-order chi connectivity index (χ0) is 17.5. The molecule has 0 spiro atoms. The van der Waals surface area contributed by atoms with Gasteiger partial charge in [0.1, 0.15) is 6.54 Å². The van der Waals surface area contributed by atoms with Crippen molar-refractivity contribution in [2.75, 3.05) is 6.54 Å². The van der Waals surface area contributed by atoms with Gasteiger partial charge in [-0.15, -0.1) is 0 Å². The van der Waals surface area contributed by atoms with E-state index in [2.05, 4.69) is 19.2 Å². The van der Waals surface area contributed by atoms with E-state index >= 15 is 0 Å². The minimum absolute atomic E-state index is 0.108. The maximum atomic E-state index is 11.3. The fourth-order valence-electron chi connectivity index (χ4n) is 1.81. The molecule has 1 aliphatic carbocycles. The van der Waals surface area contributed by atoms with Gasteiger partial charge in [0.25, 0.3) is 0 Å². The molecule has 2 radical (unpaired) electrons. The number of unbranched alkanes of at least 4 members (excludes halogenated alkanes) is 2. The third-order valence-electron chi connectivity index (χ3n) is 3.21. The van der Waals surface area contributed by atoms with E-state index in [0.717, 1.165) is 0 Å². The van der Waals surface area contributed by atoms with Crippen molar-refractivity contribution in [3.8, 4) is 0 Å². The topological polar surface area (TPSA) is 66.4 Å². The first-order chi connectivity index (χ1) is 11.0. The molecule has 23 heavy (non-hydrogen) atoms. The molecule has 4 nitrogen and oxygen atoms in total. The van der Waals surface area contributed by atoms with Crippen molar-refractivity contribution in [3.63, 3.8) is 0 Å². The molecule has 0 bridgehead atoms. The van der Waals surface area contributed by atoms with Crippen LogP contribution in [0.5, 0.6) is 0 Å². The molecular weight excluding hydrogens is 397 g/mol. The van der Waals surface area contributed by atoms with Crippen LogP contribution < -0.4 is 5.32 Å². The Morgan fingerprint density at radius 2 is 1.70 bits per heavy atom. The first kappa shape index (κ1) is 22.0. The standard InChI is InChI=1S/C10H11NO3.2C4H9.Sn/c1-7(11-6-10(13)14)8-4-2-3-5-9(8)12;2*1-3-4-2;/h2-5,11H,6H2,1H3,(H,13,14);2*1,3-4H2,2H3;/b8-7-;;;. The second-order valence-corrected chi connectivity index (χ2v) is 9.61. The Balaban J connectivity index is 0.000000468. The zero-order valence-electron chi connectivity index (χ0n) is 14.5. The predicted molar refractivity (Wildman–Crippen MR) is 96.8 cm³/mol. The number of hydrogen-bond acceptors (Lipinski definition) is 3. The monoisotopic (exact) mass is 427 g/mol. The van der Waals surface area contributed by atoms with E-state index in [-0.39, 0.29) is 33.5 Å². The number of carbonyl (C=O) groups is 2. The molecule has 0 aromatic rings. The van der Waals surface area contributed by atoms with Crippen LogP contribution in [0, 0.1) is 0 Å². The molecule has 0 atom stereocenters. The van der Waals surface area contributed by atoms with E-state index in [9.17, 15) is 9.59 Å². The normalized spacial score (nSPS) is 15.0. The number of rotatable bonds is 9. The number of carbonyl (C=O) groups excluding carboxylic acids is 1. The van der Waals surface area contributed by atoms with Gasteiger partial charge in [-0.25, -0.2) is 0 Å². The summed E-state index contributed by atoms with van der Waals surface area (Å²) in [7, 11) is 0. The zero-order valence-corrected chi connectivity index (χ0v) is 17.4. The van der Waals surface area contributed by atoms with Crippen LogP contribution in [0.2, 0.25) is 8.87 Å². The molecule has 128 valence electrons. The fraction of sp³-hybridized carbons (Fsp3) is 0.556. The molecule has 0 saturated carbocycles. The van der Waals surface area contributed by atoms with E-state index < -0.39 is 5.97 Å². The third-order valence-corrected chi connectivity index (χ3v) is 7.25. The summed E-state index contributed by atoms with van der Waals surface area (Å²) in [6, 6.07) is 0. The van der Waals surface area contributed by atoms with E-state index in [1.54, 1.807) is 34.0 Å². The number of carboxylic acids is 1. The summed E-state index contributed by atoms with van der Waals surface area (Å²) in [4.78, 5) is 21.6. The molecule has 1 aliphatic rings. The Labute approximate surface area is 150 Å². The van der Waals surface area contributed by atoms with E-state index in [0.29, 0.717) is 11.3 Å². The van der Waals surface area contributed by atoms with Crippen molar-refractivity contribution in [2.45, 2.75) is 55.3 Å². The number of nitrogens with one attached hydrogen (secondary N) is 1. The molecule has 1 rings (SSSR count). The molecule has 0 saturated heterocycles. The van der Waals surface area contributed by atoms with Crippen LogP contribution in [0.25, 0.3) is 0 Å². The SMILES string of the molecule is C/C(NCC(=O)O)=C1\C=CC=CC1=O.CCC[CH2][Sn][CH2]CCC. The number of ketones is 1. The molecule has 0 fully saturated rings. The van der Waals surface area contributed by atoms with E-state index in [1.165, 1.54) is 31.8 Å². The molecule has 0 aliphatic heterocycles. The number of allylic oxidation sites excluding steroid dienone is 6. The molecular formula is C18H29NO3Sn. The Kier molecular flexibility index (Phi) is 13.9. The summed E-state index contributed by atoms with van der Waals surface area (Å²) in [5, 5.41) is 11.1. The van der Waals surface area contributed by atoms with Gasteiger partial charge in [-0.1, -0.05) is 12.2 Å². The summed E-state index contributed by atoms with van der Waals surface area (Å²) in [6.07, 6.45) is 12.3.